The van der Waals surface area contributed by atoms with Gasteiger partial charge in [0.1, 0.15) is 5.75 Å². The van der Waals surface area contributed by atoms with Crippen molar-refractivity contribution in [2.45, 2.75) is 26.3 Å². The topological polar surface area (TPSA) is 50.8 Å². The molecule has 1 aromatic carbocycles. The summed E-state index contributed by atoms with van der Waals surface area (Å²) in [6.07, 6.45) is 6.01. The highest BCUT2D eigenvalue weighted by molar-refractivity contribution is 5.71. The Morgan fingerprint density at radius 2 is 2.26 bits per heavy atom. The van der Waals surface area contributed by atoms with Gasteiger partial charge >= 0.3 is 0 Å². The molecule has 0 fully saturated rings. The van der Waals surface area contributed by atoms with E-state index in [-0.39, 0.29) is 0 Å². The van der Waals surface area contributed by atoms with Crippen LogP contribution in [0.2, 0.25) is 0 Å². The van der Waals surface area contributed by atoms with Crippen LogP contribution in [0.15, 0.2) is 30.6 Å². The summed E-state index contributed by atoms with van der Waals surface area (Å²) in [4.78, 5) is 0. The monoisotopic (exact) mass is 255 g/mol. The van der Waals surface area contributed by atoms with Crippen LogP contribution >= 0.6 is 0 Å². The molecule has 0 saturated heterocycles. The van der Waals surface area contributed by atoms with Crippen LogP contribution in [0.5, 0.6) is 5.75 Å². The molecule has 4 nitrogen and oxygen atoms in total. The predicted molar refractivity (Wildman–Crippen MR) is 73.8 cm³/mol. The molecule has 0 atom stereocenters. The summed E-state index contributed by atoms with van der Waals surface area (Å²) in [6, 6.07) is 7.65. The second kappa shape index (κ2) is 6.05. The molecule has 0 spiro atoms. The van der Waals surface area contributed by atoms with Crippen LogP contribution < -0.4 is 4.74 Å². The lowest BCUT2D eigenvalue weighted by atomic mass is 10.0. The molecule has 0 saturated carbocycles. The summed E-state index contributed by atoms with van der Waals surface area (Å²) in [6.45, 7) is 3.06. The molecule has 1 heterocycles. The molecule has 0 amide bonds. The summed E-state index contributed by atoms with van der Waals surface area (Å²) < 4.78 is 7.13. The number of ether oxygens (including phenoxy) is 1. The van der Waals surface area contributed by atoms with Gasteiger partial charge in [-0.2, -0.15) is 10.4 Å². The molecule has 1 aromatic heterocycles. The van der Waals surface area contributed by atoms with E-state index in [4.69, 9.17) is 4.74 Å². The Morgan fingerprint density at radius 3 is 2.95 bits per heavy atom. The minimum atomic E-state index is 0.635. The van der Waals surface area contributed by atoms with Gasteiger partial charge in [-0.25, -0.2) is 0 Å². The van der Waals surface area contributed by atoms with Gasteiger partial charge in [0.15, 0.2) is 0 Å². The molecule has 0 unspecified atom stereocenters. The van der Waals surface area contributed by atoms with Gasteiger partial charge in [-0.05, 0) is 24.6 Å². The first kappa shape index (κ1) is 13.2. The van der Waals surface area contributed by atoms with Crippen molar-refractivity contribution in [1.29, 1.82) is 5.26 Å². The SMILES string of the molecule is CCCCn1cc(-c2cc(OC)ccc2C#N)cn1. The quantitative estimate of drug-likeness (QED) is 0.824. The van der Waals surface area contributed by atoms with Gasteiger partial charge in [0.05, 0.1) is 24.9 Å². The minimum Gasteiger partial charge on any atom is -0.497 e. The molecule has 2 rings (SSSR count). The zero-order chi connectivity index (χ0) is 13.7. The number of aryl methyl sites for hydroxylation is 1. The lowest BCUT2D eigenvalue weighted by Gasteiger charge is -2.04. The summed E-state index contributed by atoms with van der Waals surface area (Å²) >= 11 is 0. The van der Waals surface area contributed by atoms with E-state index in [1.54, 1.807) is 25.4 Å². The van der Waals surface area contributed by atoms with Crippen molar-refractivity contribution >= 4 is 0 Å². The van der Waals surface area contributed by atoms with Gasteiger partial charge in [-0.3, -0.25) is 4.68 Å². The Bertz CT molecular complexity index is 596. The molecule has 0 N–H and O–H groups in total. The van der Waals surface area contributed by atoms with Crippen molar-refractivity contribution in [3.63, 3.8) is 0 Å². The molecule has 0 radical (unpaired) electrons. The molecular formula is C15H17N3O. The lowest BCUT2D eigenvalue weighted by molar-refractivity contribution is 0.415. The van der Waals surface area contributed by atoms with E-state index in [1.807, 2.05) is 16.9 Å². The molecule has 0 aliphatic rings. The average molecular weight is 255 g/mol. The molecule has 2 aromatic rings. The summed E-state index contributed by atoms with van der Waals surface area (Å²) in [5.74, 6) is 0.746. The zero-order valence-corrected chi connectivity index (χ0v) is 11.3. The van der Waals surface area contributed by atoms with Crippen LogP contribution in [0.25, 0.3) is 11.1 Å². The number of benzene rings is 1. The summed E-state index contributed by atoms with van der Waals surface area (Å²) in [5, 5.41) is 13.5. The Hall–Kier alpha value is -2.28. The first-order chi connectivity index (χ1) is 9.28. The maximum absolute atomic E-state index is 9.17. The average Bonchev–Trinajstić information content (AvgIpc) is 2.93. The molecular weight excluding hydrogens is 238 g/mol. The van der Waals surface area contributed by atoms with E-state index in [0.717, 1.165) is 36.3 Å². The predicted octanol–water partition coefficient (Wildman–Crippen LogP) is 3.23. The molecule has 4 heteroatoms. The summed E-state index contributed by atoms with van der Waals surface area (Å²) in [5.41, 5.74) is 2.45. The Kier molecular flexibility index (Phi) is 4.19. The fourth-order valence-corrected chi connectivity index (χ4v) is 1.93. The van der Waals surface area contributed by atoms with E-state index in [1.165, 1.54) is 0 Å². The molecule has 98 valence electrons. The fraction of sp³-hybridized carbons (Fsp3) is 0.333. The van der Waals surface area contributed by atoms with Gasteiger partial charge < -0.3 is 4.74 Å². The maximum atomic E-state index is 9.17. The second-order valence-corrected chi connectivity index (χ2v) is 4.37. The van der Waals surface area contributed by atoms with Crippen LogP contribution in [-0.4, -0.2) is 16.9 Å². The normalized spacial score (nSPS) is 10.2. The van der Waals surface area contributed by atoms with Crippen molar-refractivity contribution in [3.05, 3.63) is 36.2 Å². The van der Waals surface area contributed by atoms with Crippen molar-refractivity contribution in [1.82, 2.24) is 9.78 Å². The Balaban J connectivity index is 2.35. The summed E-state index contributed by atoms with van der Waals surface area (Å²) in [7, 11) is 1.62. The highest BCUT2D eigenvalue weighted by atomic mass is 16.5. The number of nitriles is 1. The third-order valence-corrected chi connectivity index (χ3v) is 3.03. The Labute approximate surface area is 113 Å². The smallest absolute Gasteiger partial charge is 0.119 e. The number of rotatable bonds is 5. The number of methoxy groups -OCH3 is 1. The standard InChI is InChI=1S/C15H17N3O/c1-3-4-7-18-11-13(10-17-18)15-8-14(19-2)6-5-12(15)9-16/h5-6,8,10-11H,3-4,7H2,1-2H3. The van der Waals surface area contributed by atoms with Crippen molar-refractivity contribution in [3.8, 4) is 22.9 Å². The zero-order valence-electron chi connectivity index (χ0n) is 11.3. The van der Waals surface area contributed by atoms with E-state index < -0.39 is 0 Å². The number of aromatic nitrogens is 2. The number of unbranched alkanes of at least 4 members (excludes halogenated alkanes) is 1. The van der Waals surface area contributed by atoms with Crippen LogP contribution in [0.4, 0.5) is 0 Å². The molecule has 0 aliphatic carbocycles. The second-order valence-electron chi connectivity index (χ2n) is 4.37. The maximum Gasteiger partial charge on any atom is 0.119 e. The van der Waals surface area contributed by atoms with Gasteiger partial charge in [0, 0.05) is 23.9 Å². The van der Waals surface area contributed by atoms with E-state index in [2.05, 4.69) is 18.1 Å². The largest absolute Gasteiger partial charge is 0.497 e. The highest BCUT2D eigenvalue weighted by Gasteiger charge is 2.09. The van der Waals surface area contributed by atoms with Crippen LogP contribution in [-0.2, 0) is 6.54 Å². The first-order valence-corrected chi connectivity index (χ1v) is 6.39. The number of nitrogens with zero attached hydrogens (tertiary/aromatic N) is 3. The first-order valence-electron chi connectivity index (χ1n) is 6.39. The van der Waals surface area contributed by atoms with Gasteiger partial charge in [-0.15, -0.1) is 0 Å². The van der Waals surface area contributed by atoms with Gasteiger partial charge in [0.25, 0.3) is 0 Å². The van der Waals surface area contributed by atoms with Gasteiger partial charge in [0.2, 0.25) is 0 Å². The number of hydrogen-bond donors (Lipinski definition) is 0. The van der Waals surface area contributed by atoms with Gasteiger partial charge in [-0.1, -0.05) is 13.3 Å². The third-order valence-electron chi connectivity index (χ3n) is 3.03. The van der Waals surface area contributed by atoms with Crippen molar-refractivity contribution in [2.75, 3.05) is 7.11 Å². The van der Waals surface area contributed by atoms with E-state index in [0.29, 0.717) is 5.56 Å². The number of hydrogen-bond acceptors (Lipinski definition) is 3. The Morgan fingerprint density at radius 1 is 1.42 bits per heavy atom. The van der Waals surface area contributed by atoms with E-state index >= 15 is 0 Å². The minimum absolute atomic E-state index is 0.635. The van der Waals surface area contributed by atoms with Crippen LogP contribution in [0, 0.1) is 11.3 Å². The van der Waals surface area contributed by atoms with E-state index in [9.17, 15) is 5.26 Å². The molecule has 0 bridgehead atoms. The van der Waals surface area contributed by atoms with Crippen molar-refractivity contribution in [2.24, 2.45) is 0 Å². The molecule has 0 aliphatic heterocycles. The lowest BCUT2D eigenvalue weighted by Crippen LogP contribution is -1.96. The van der Waals surface area contributed by atoms with Crippen LogP contribution in [0.1, 0.15) is 25.3 Å². The molecule has 19 heavy (non-hydrogen) atoms. The van der Waals surface area contributed by atoms with Crippen LogP contribution in [0.3, 0.4) is 0 Å². The highest BCUT2D eigenvalue weighted by Crippen LogP contribution is 2.27. The fourth-order valence-electron chi connectivity index (χ4n) is 1.93. The third kappa shape index (κ3) is 2.94. The van der Waals surface area contributed by atoms with Crippen molar-refractivity contribution < 1.29 is 4.74 Å².